The summed E-state index contributed by atoms with van der Waals surface area (Å²) in [5.74, 6) is -2.03. The average Bonchev–Trinajstić information content (AvgIpc) is 3.24. The van der Waals surface area contributed by atoms with Crippen molar-refractivity contribution in [1.82, 2.24) is 4.90 Å². The molecule has 3 aliphatic carbocycles. The summed E-state index contributed by atoms with van der Waals surface area (Å²) in [6.45, 7) is 1.51. The van der Waals surface area contributed by atoms with E-state index >= 15 is 0 Å². The fourth-order valence-electron chi connectivity index (χ4n) is 6.63. The SMILES string of the molecule is Cc1ccccc1Oc1ccc(NC(=O)CN2C(=O)[C@@H]3[C@H](C2=O)C2(Cl)c4ccccc4C3(Cl)c3ccccc32)cc1. The molecule has 4 aromatic rings. The van der Waals surface area contributed by atoms with Gasteiger partial charge < -0.3 is 10.1 Å². The number of anilines is 1. The number of likely N-dealkylation sites (tertiary alicyclic amines) is 1. The number of ether oxygens (including phenoxy) is 1. The highest BCUT2D eigenvalue weighted by molar-refractivity contribution is 6.36. The molecule has 4 aliphatic rings. The monoisotopic (exact) mass is 582 g/mol. The molecule has 8 heteroatoms. The van der Waals surface area contributed by atoms with E-state index in [-0.39, 0.29) is 0 Å². The fraction of sp³-hybridized carbons (Fsp3) is 0.182. The van der Waals surface area contributed by atoms with Crippen molar-refractivity contribution < 1.29 is 19.1 Å². The van der Waals surface area contributed by atoms with Gasteiger partial charge in [0.2, 0.25) is 17.7 Å². The molecule has 1 saturated heterocycles. The number of carbonyl (C=O) groups excluding carboxylic acids is 3. The lowest BCUT2D eigenvalue weighted by Crippen LogP contribution is -2.57. The first-order valence-corrected chi connectivity index (χ1v) is 14.1. The van der Waals surface area contributed by atoms with Crippen molar-refractivity contribution in [1.29, 1.82) is 0 Å². The van der Waals surface area contributed by atoms with E-state index in [0.29, 0.717) is 11.4 Å². The third-order valence-electron chi connectivity index (χ3n) is 8.44. The Morgan fingerprint density at radius 3 is 1.71 bits per heavy atom. The second-order valence-corrected chi connectivity index (χ2v) is 11.9. The van der Waals surface area contributed by atoms with Crippen LogP contribution in [0.3, 0.4) is 0 Å². The largest absolute Gasteiger partial charge is 0.457 e. The molecule has 1 heterocycles. The van der Waals surface area contributed by atoms with Gasteiger partial charge in [-0.25, -0.2) is 0 Å². The van der Waals surface area contributed by atoms with E-state index in [4.69, 9.17) is 27.9 Å². The molecule has 1 fully saturated rings. The van der Waals surface area contributed by atoms with Crippen LogP contribution in [0.15, 0.2) is 97.1 Å². The molecular weight excluding hydrogens is 559 g/mol. The fourth-order valence-corrected chi connectivity index (χ4v) is 7.73. The lowest BCUT2D eigenvalue weighted by atomic mass is 9.54. The van der Waals surface area contributed by atoms with E-state index in [9.17, 15) is 14.4 Å². The van der Waals surface area contributed by atoms with Crippen LogP contribution in [0, 0.1) is 18.8 Å². The summed E-state index contributed by atoms with van der Waals surface area (Å²) < 4.78 is 5.92. The highest BCUT2D eigenvalue weighted by Crippen LogP contribution is 2.69. The van der Waals surface area contributed by atoms with Crippen LogP contribution in [0.4, 0.5) is 5.69 Å². The van der Waals surface area contributed by atoms with Crippen molar-refractivity contribution in [3.8, 4) is 11.5 Å². The Hall–Kier alpha value is -4.13. The van der Waals surface area contributed by atoms with Crippen molar-refractivity contribution in [3.05, 3.63) is 125 Å². The van der Waals surface area contributed by atoms with Crippen LogP contribution < -0.4 is 10.1 Å². The number of alkyl halides is 2. The summed E-state index contributed by atoms with van der Waals surface area (Å²) in [5, 5.41) is 2.78. The molecule has 0 unspecified atom stereocenters. The van der Waals surface area contributed by atoms with Gasteiger partial charge in [0.15, 0.2) is 0 Å². The third-order valence-corrected chi connectivity index (χ3v) is 9.72. The zero-order chi connectivity index (χ0) is 28.5. The molecule has 0 radical (unpaired) electrons. The molecule has 3 amide bonds. The summed E-state index contributed by atoms with van der Waals surface area (Å²) in [7, 11) is 0. The molecule has 4 aromatic carbocycles. The van der Waals surface area contributed by atoms with Gasteiger partial charge in [-0.2, -0.15) is 0 Å². The number of rotatable bonds is 5. The van der Waals surface area contributed by atoms with Gasteiger partial charge in [-0.1, -0.05) is 66.7 Å². The van der Waals surface area contributed by atoms with Gasteiger partial charge in [-0.05, 0) is 65.1 Å². The number of benzene rings is 4. The Kier molecular flexibility index (Phi) is 5.79. The quantitative estimate of drug-likeness (QED) is 0.221. The molecule has 1 aliphatic heterocycles. The number of para-hydroxylation sites is 1. The van der Waals surface area contributed by atoms with Crippen molar-refractivity contribution in [2.24, 2.45) is 11.8 Å². The smallest absolute Gasteiger partial charge is 0.244 e. The van der Waals surface area contributed by atoms with E-state index in [1.807, 2.05) is 79.7 Å². The van der Waals surface area contributed by atoms with Gasteiger partial charge in [0.05, 0.1) is 11.8 Å². The average molecular weight is 583 g/mol. The normalized spacial score (nSPS) is 25.4. The summed E-state index contributed by atoms with van der Waals surface area (Å²) in [5.41, 5.74) is 4.39. The minimum Gasteiger partial charge on any atom is -0.457 e. The standard InChI is InChI=1S/C33H24Cl2N2O4/c1-19-8-2-7-13-26(19)41-21-16-14-20(15-17-21)36-27(38)18-37-30(39)28-29(31(37)40)33(35)23-10-4-3-9-22(23)32(28,34)24-11-5-6-12-25(24)33/h2-17,28-29H,18H2,1H3,(H,36,38)/t28-,29+,32?,33?. The van der Waals surface area contributed by atoms with E-state index in [0.717, 1.165) is 38.5 Å². The third kappa shape index (κ3) is 3.60. The summed E-state index contributed by atoms with van der Waals surface area (Å²) >= 11 is 14.9. The summed E-state index contributed by atoms with van der Waals surface area (Å²) in [4.78, 5) is 39.4. The van der Waals surface area contributed by atoms with Crippen molar-refractivity contribution in [3.63, 3.8) is 0 Å². The summed E-state index contributed by atoms with van der Waals surface area (Å²) in [6.07, 6.45) is 0. The number of aryl methyl sites for hydroxylation is 1. The van der Waals surface area contributed by atoms with Crippen molar-refractivity contribution >= 4 is 46.6 Å². The van der Waals surface area contributed by atoms with Gasteiger partial charge >= 0.3 is 0 Å². The first-order valence-electron chi connectivity index (χ1n) is 13.3. The number of hydrogen-bond donors (Lipinski definition) is 1. The minimum absolute atomic E-state index is 0.446. The number of nitrogens with zero attached hydrogens (tertiary/aromatic N) is 1. The molecule has 1 N–H and O–H groups in total. The molecule has 8 rings (SSSR count). The first kappa shape index (κ1) is 25.8. The van der Waals surface area contributed by atoms with Crippen LogP contribution in [-0.2, 0) is 24.1 Å². The van der Waals surface area contributed by atoms with Crippen LogP contribution in [0.1, 0.15) is 27.8 Å². The molecule has 6 nitrogen and oxygen atoms in total. The van der Waals surface area contributed by atoms with Crippen LogP contribution in [0.2, 0.25) is 0 Å². The van der Waals surface area contributed by atoms with Gasteiger partial charge in [-0.15, -0.1) is 23.2 Å². The maximum absolute atomic E-state index is 13.9. The van der Waals surface area contributed by atoms with Crippen LogP contribution in [-0.4, -0.2) is 29.2 Å². The maximum atomic E-state index is 13.9. The second kappa shape index (κ2) is 9.20. The Bertz CT molecular complexity index is 1630. The molecule has 0 spiro atoms. The zero-order valence-electron chi connectivity index (χ0n) is 21.9. The van der Waals surface area contributed by atoms with E-state index < -0.39 is 45.9 Å². The summed E-state index contributed by atoms with van der Waals surface area (Å²) in [6, 6.07) is 29.4. The Balaban J connectivity index is 1.14. The Morgan fingerprint density at radius 2 is 1.22 bits per heavy atom. The predicted octanol–water partition coefficient (Wildman–Crippen LogP) is 6.32. The first-order chi connectivity index (χ1) is 19.7. The van der Waals surface area contributed by atoms with E-state index in [1.54, 1.807) is 24.3 Å². The predicted molar refractivity (Wildman–Crippen MR) is 156 cm³/mol. The van der Waals surface area contributed by atoms with Gasteiger partial charge in [-0.3, -0.25) is 19.3 Å². The number of hydrogen-bond acceptors (Lipinski definition) is 4. The van der Waals surface area contributed by atoms with Crippen molar-refractivity contribution in [2.45, 2.75) is 16.7 Å². The number of imide groups is 1. The van der Waals surface area contributed by atoms with E-state index in [1.165, 1.54) is 0 Å². The molecule has 0 saturated carbocycles. The molecule has 41 heavy (non-hydrogen) atoms. The highest BCUT2D eigenvalue weighted by atomic mass is 35.5. The minimum atomic E-state index is -1.28. The molecular formula is C33H24Cl2N2O4. The Morgan fingerprint density at radius 1 is 0.756 bits per heavy atom. The molecule has 204 valence electrons. The zero-order valence-corrected chi connectivity index (χ0v) is 23.4. The number of nitrogens with one attached hydrogen (secondary N) is 1. The molecule has 2 bridgehead atoms. The van der Waals surface area contributed by atoms with Crippen LogP contribution in [0.5, 0.6) is 11.5 Å². The van der Waals surface area contributed by atoms with Crippen molar-refractivity contribution in [2.75, 3.05) is 11.9 Å². The van der Waals surface area contributed by atoms with Crippen LogP contribution in [0.25, 0.3) is 0 Å². The van der Waals surface area contributed by atoms with Gasteiger partial charge in [0.1, 0.15) is 27.8 Å². The lowest BCUT2D eigenvalue weighted by molar-refractivity contribution is -0.142. The molecule has 0 aromatic heterocycles. The maximum Gasteiger partial charge on any atom is 0.244 e. The van der Waals surface area contributed by atoms with Gasteiger partial charge in [0, 0.05) is 5.69 Å². The van der Waals surface area contributed by atoms with E-state index in [2.05, 4.69) is 5.32 Å². The lowest BCUT2D eigenvalue weighted by Gasteiger charge is -2.54. The topological polar surface area (TPSA) is 75.7 Å². The van der Waals surface area contributed by atoms with Crippen LogP contribution >= 0.6 is 23.2 Å². The highest BCUT2D eigenvalue weighted by Gasteiger charge is 2.73. The Labute approximate surface area is 246 Å². The number of halogens is 2. The number of carbonyl (C=O) groups is 3. The number of amides is 3. The molecule has 2 atom stereocenters. The second-order valence-electron chi connectivity index (χ2n) is 10.7. The van der Waals surface area contributed by atoms with Gasteiger partial charge in [0.25, 0.3) is 0 Å².